The lowest BCUT2D eigenvalue weighted by Gasteiger charge is -2.14. The molecule has 0 aliphatic carbocycles. The number of hydrogen-bond acceptors (Lipinski definition) is 5. The summed E-state index contributed by atoms with van der Waals surface area (Å²) in [5, 5.41) is 3.75. The molecule has 0 saturated carbocycles. The minimum Gasteiger partial charge on any atom is -0.490 e. The monoisotopic (exact) mass is 329 g/mol. The molecular formula is C19H23NO4. The van der Waals surface area contributed by atoms with Crippen molar-refractivity contribution in [1.29, 1.82) is 0 Å². The number of aryl methyl sites for hydroxylation is 2. The first-order chi connectivity index (χ1) is 11.7. The van der Waals surface area contributed by atoms with Crippen LogP contribution >= 0.6 is 0 Å². The summed E-state index contributed by atoms with van der Waals surface area (Å²) in [6.07, 6.45) is 8.79. The SMILES string of the molecule is C/C=C/COc1cc(C)c(OCc2cocc2/C=N\OC)c(C)c1. The number of furan rings is 1. The van der Waals surface area contributed by atoms with Gasteiger partial charge in [0.15, 0.2) is 0 Å². The standard InChI is InChI=1S/C19H23NO4/c1-5-6-7-23-18-8-14(2)19(15(3)9-18)24-13-17-12-22-11-16(17)10-20-21-4/h5-6,8-12H,7,13H2,1-4H3/b6-5+,20-10-. The molecule has 2 rings (SSSR count). The molecule has 0 spiro atoms. The van der Waals surface area contributed by atoms with Crippen LogP contribution in [0.25, 0.3) is 0 Å². The Morgan fingerprint density at radius 2 is 1.88 bits per heavy atom. The molecule has 1 aromatic heterocycles. The topological polar surface area (TPSA) is 53.2 Å². The maximum Gasteiger partial charge on any atom is 0.125 e. The highest BCUT2D eigenvalue weighted by Crippen LogP contribution is 2.29. The largest absolute Gasteiger partial charge is 0.490 e. The van der Waals surface area contributed by atoms with Gasteiger partial charge in [-0.05, 0) is 44.0 Å². The van der Waals surface area contributed by atoms with Crippen molar-refractivity contribution in [2.24, 2.45) is 5.16 Å². The highest BCUT2D eigenvalue weighted by molar-refractivity contribution is 5.80. The minimum absolute atomic E-state index is 0.391. The van der Waals surface area contributed by atoms with Crippen LogP contribution in [0.15, 0.2) is 46.4 Å². The van der Waals surface area contributed by atoms with Crippen LogP contribution in [0, 0.1) is 13.8 Å². The van der Waals surface area contributed by atoms with Crippen molar-refractivity contribution in [3.8, 4) is 11.5 Å². The molecule has 0 unspecified atom stereocenters. The second-order valence-corrected chi connectivity index (χ2v) is 5.32. The molecule has 24 heavy (non-hydrogen) atoms. The molecule has 0 fully saturated rings. The Kier molecular flexibility index (Phi) is 6.49. The molecule has 0 atom stereocenters. The zero-order valence-corrected chi connectivity index (χ0v) is 14.5. The van der Waals surface area contributed by atoms with E-state index in [-0.39, 0.29) is 0 Å². The summed E-state index contributed by atoms with van der Waals surface area (Å²) in [7, 11) is 1.50. The van der Waals surface area contributed by atoms with E-state index in [1.807, 2.05) is 45.1 Å². The van der Waals surface area contributed by atoms with E-state index in [0.29, 0.717) is 13.2 Å². The van der Waals surface area contributed by atoms with Crippen molar-refractivity contribution < 1.29 is 18.7 Å². The molecule has 0 N–H and O–H groups in total. The minimum atomic E-state index is 0.391. The summed E-state index contributed by atoms with van der Waals surface area (Å²) in [6.45, 7) is 6.94. The number of nitrogens with zero attached hydrogens (tertiary/aromatic N) is 1. The number of oxime groups is 1. The molecule has 0 amide bonds. The van der Waals surface area contributed by atoms with Gasteiger partial charge in [0.2, 0.25) is 0 Å². The Bertz CT molecular complexity index is 693. The van der Waals surface area contributed by atoms with Gasteiger partial charge < -0.3 is 18.7 Å². The lowest BCUT2D eigenvalue weighted by molar-refractivity contribution is 0.215. The van der Waals surface area contributed by atoms with Crippen LogP contribution < -0.4 is 9.47 Å². The van der Waals surface area contributed by atoms with Gasteiger partial charge in [-0.1, -0.05) is 17.3 Å². The van der Waals surface area contributed by atoms with E-state index >= 15 is 0 Å². The molecule has 5 heteroatoms. The van der Waals surface area contributed by atoms with Gasteiger partial charge in [-0.25, -0.2) is 0 Å². The highest BCUT2D eigenvalue weighted by Gasteiger charge is 2.10. The van der Waals surface area contributed by atoms with Crippen molar-refractivity contribution in [3.05, 3.63) is 59.1 Å². The van der Waals surface area contributed by atoms with Crippen molar-refractivity contribution in [1.82, 2.24) is 0 Å². The van der Waals surface area contributed by atoms with Gasteiger partial charge in [-0.2, -0.15) is 0 Å². The molecule has 5 nitrogen and oxygen atoms in total. The van der Waals surface area contributed by atoms with E-state index in [4.69, 9.17) is 18.7 Å². The van der Waals surface area contributed by atoms with E-state index < -0.39 is 0 Å². The summed E-state index contributed by atoms with van der Waals surface area (Å²) >= 11 is 0. The average Bonchev–Trinajstić information content (AvgIpc) is 3.00. The number of allylic oxidation sites excluding steroid dienone is 1. The maximum atomic E-state index is 5.98. The third-order valence-electron chi connectivity index (χ3n) is 3.46. The van der Waals surface area contributed by atoms with Crippen LogP contribution in [0.3, 0.4) is 0 Å². The summed E-state index contributed by atoms with van der Waals surface area (Å²) < 4.78 is 16.9. The fourth-order valence-electron chi connectivity index (χ4n) is 2.29. The Morgan fingerprint density at radius 3 is 2.54 bits per heavy atom. The Labute approximate surface area is 142 Å². The van der Waals surface area contributed by atoms with E-state index in [9.17, 15) is 0 Å². The third kappa shape index (κ3) is 4.65. The van der Waals surface area contributed by atoms with Crippen LogP contribution in [-0.2, 0) is 11.4 Å². The zero-order chi connectivity index (χ0) is 17.4. The lowest BCUT2D eigenvalue weighted by atomic mass is 10.1. The summed E-state index contributed by atoms with van der Waals surface area (Å²) in [5.74, 6) is 1.69. The zero-order valence-electron chi connectivity index (χ0n) is 14.5. The van der Waals surface area contributed by atoms with Crippen molar-refractivity contribution >= 4 is 6.21 Å². The third-order valence-corrected chi connectivity index (χ3v) is 3.46. The van der Waals surface area contributed by atoms with Crippen molar-refractivity contribution in [2.75, 3.05) is 13.7 Å². The molecular weight excluding hydrogens is 306 g/mol. The Balaban J connectivity index is 2.07. The van der Waals surface area contributed by atoms with Gasteiger partial charge in [0.05, 0.1) is 18.7 Å². The lowest BCUT2D eigenvalue weighted by Crippen LogP contribution is -2.01. The second-order valence-electron chi connectivity index (χ2n) is 5.32. The second kappa shape index (κ2) is 8.82. The molecule has 0 aliphatic heterocycles. The quantitative estimate of drug-likeness (QED) is 0.409. The summed E-state index contributed by atoms with van der Waals surface area (Å²) in [5.41, 5.74) is 3.80. The number of benzene rings is 1. The van der Waals surface area contributed by atoms with Crippen LogP contribution in [0.2, 0.25) is 0 Å². The van der Waals surface area contributed by atoms with Crippen LogP contribution in [0.4, 0.5) is 0 Å². The van der Waals surface area contributed by atoms with Gasteiger partial charge >= 0.3 is 0 Å². The molecule has 1 aromatic carbocycles. The van der Waals surface area contributed by atoms with Crippen LogP contribution in [0.1, 0.15) is 29.2 Å². The summed E-state index contributed by atoms with van der Waals surface area (Å²) in [6, 6.07) is 3.96. The molecule has 0 saturated heterocycles. The van der Waals surface area contributed by atoms with Crippen molar-refractivity contribution in [2.45, 2.75) is 27.4 Å². The van der Waals surface area contributed by atoms with E-state index in [1.165, 1.54) is 7.11 Å². The normalized spacial score (nSPS) is 11.3. The molecule has 1 heterocycles. The van der Waals surface area contributed by atoms with Gasteiger partial charge in [0.25, 0.3) is 0 Å². The predicted molar refractivity (Wildman–Crippen MR) is 93.9 cm³/mol. The smallest absolute Gasteiger partial charge is 0.125 e. The first-order valence-electron chi connectivity index (χ1n) is 7.75. The van der Waals surface area contributed by atoms with E-state index in [2.05, 4.69) is 5.16 Å². The fraction of sp³-hybridized carbons (Fsp3) is 0.316. The maximum absolute atomic E-state index is 5.98. The number of ether oxygens (including phenoxy) is 2. The Hall–Kier alpha value is -2.69. The van der Waals surface area contributed by atoms with Gasteiger partial charge in [-0.3, -0.25) is 0 Å². The van der Waals surface area contributed by atoms with Gasteiger partial charge in [0, 0.05) is 11.1 Å². The fourth-order valence-corrected chi connectivity index (χ4v) is 2.29. The van der Waals surface area contributed by atoms with Crippen LogP contribution in [-0.4, -0.2) is 19.9 Å². The number of rotatable bonds is 8. The van der Waals surface area contributed by atoms with E-state index in [1.54, 1.807) is 18.7 Å². The van der Waals surface area contributed by atoms with Gasteiger partial charge in [-0.15, -0.1) is 0 Å². The molecule has 128 valence electrons. The first-order valence-corrected chi connectivity index (χ1v) is 7.75. The molecule has 0 bridgehead atoms. The Morgan fingerprint density at radius 1 is 1.12 bits per heavy atom. The van der Waals surface area contributed by atoms with Gasteiger partial charge in [0.1, 0.15) is 31.8 Å². The number of hydrogen-bond donors (Lipinski definition) is 0. The van der Waals surface area contributed by atoms with Crippen molar-refractivity contribution in [3.63, 3.8) is 0 Å². The summed E-state index contributed by atoms with van der Waals surface area (Å²) in [4.78, 5) is 4.69. The predicted octanol–water partition coefficient (Wildman–Crippen LogP) is 4.41. The van der Waals surface area contributed by atoms with Crippen LogP contribution in [0.5, 0.6) is 11.5 Å². The first kappa shape index (κ1) is 17.7. The van der Waals surface area contributed by atoms with E-state index in [0.717, 1.165) is 33.8 Å². The molecule has 0 radical (unpaired) electrons. The molecule has 2 aromatic rings. The average molecular weight is 329 g/mol. The highest BCUT2D eigenvalue weighted by atomic mass is 16.6. The molecule has 0 aliphatic rings.